The highest BCUT2D eigenvalue weighted by molar-refractivity contribution is 9.10. The van der Waals surface area contributed by atoms with Crippen LogP contribution in [0, 0.1) is 19.7 Å². The summed E-state index contributed by atoms with van der Waals surface area (Å²) in [4.78, 5) is 0. The molecule has 20 heavy (non-hydrogen) atoms. The van der Waals surface area contributed by atoms with Crippen molar-refractivity contribution in [3.63, 3.8) is 0 Å². The number of hydrogen-bond donors (Lipinski definition) is 2. The van der Waals surface area contributed by atoms with Gasteiger partial charge in [-0.3, -0.25) is 0 Å². The van der Waals surface area contributed by atoms with Crippen LogP contribution in [0.5, 0.6) is 0 Å². The Balaban J connectivity index is 2.11. The van der Waals surface area contributed by atoms with E-state index in [0.717, 1.165) is 15.7 Å². The molecule has 2 aromatic carbocycles. The molecule has 104 valence electrons. The van der Waals surface area contributed by atoms with E-state index < -0.39 is 0 Å². The zero-order valence-electron chi connectivity index (χ0n) is 11.1. The van der Waals surface area contributed by atoms with Crippen LogP contribution in [0.1, 0.15) is 11.1 Å². The van der Waals surface area contributed by atoms with Crippen LogP contribution in [-0.4, -0.2) is 5.11 Å². The highest BCUT2D eigenvalue weighted by atomic mass is 79.9. The maximum absolute atomic E-state index is 13.5. The van der Waals surface area contributed by atoms with Crippen molar-refractivity contribution in [2.75, 3.05) is 10.6 Å². The summed E-state index contributed by atoms with van der Waals surface area (Å²) in [6.07, 6.45) is 0. The van der Waals surface area contributed by atoms with Crippen molar-refractivity contribution in [1.29, 1.82) is 0 Å². The van der Waals surface area contributed by atoms with Gasteiger partial charge in [-0.1, -0.05) is 22.0 Å². The van der Waals surface area contributed by atoms with E-state index in [1.807, 2.05) is 25.1 Å². The van der Waals surface area contributed by atoms with Gasteiger partial charge in [0.15, 0.2) is 5.11 Å². The molecule has 0 saturated heterocycles. The summed E-state index contributed by atoms with van der Waals surface area (Å²) in [7, 11) is 0. The van der Waals surface area contributed by atoms with Gasteiger partial charge in [-0.15, -0.1) is 0 Å². The van der Waals surface area contributed by atoms with Crippen molar-refractivity contribution < 1.29 is 4.39 Å². The van der Waals surface area contributed by atoms with Gasteiger partial charge in [0.25, 0.3) is 0 Å². The van der Waals surface area contributed by atoms with Crippen LogP contribution in [-0.2, 0) is 0 Å². The Kier molecular flexibility index (Phi) is 4.73. The van der Waals surface area contributed by atoms with Crippen LogP contribution in [0.15, 0.2) is 40.9 Å². The standard InChI is InChI=1S/C15H14BrFN2S/c1-9-8-11(16)6-7-13(9)18-15(20)19-14-5-3-4-12(17)10(14)2/h3-8H,1-2H3,(H2,18,19,20). The number of rotatable bonds is 2. The molecule has 0 radical (unpaired) electrons. The molecule has 0 aliphatic carbocycles. The summed E-state index contributed by atoms with van der Waals surface area (Å²) in [5, 5.41) is 6.55. The van der Waals surface area contributed by atoms with E-state index in [4.69, 9.17) is 12.2 Å². The van der Waals surface area contributed by atoms with Crippen molar-refractivity contribution >= 4 is 44.6 Å². The molecule has 2 nitrogen and oxygen atoms in total. The number of nitrogens with one attached hydrogen (secondary N) is 2. The molecule has 0 aliphatic rings. The second-order valence-electron chi connectivity index (χ2n) is 4.45. The van der Waals surface area contributed by atoms with Gasteiger partial charge in [-0.2, -0.15) is 0 Å². The summed E-state index contributed by atoms with van der Waals surface area (Å²) in [5.74, 6) is -0.252. The van der Waals surface area contributed by atoms with Crippen molar-refractivity contribution in [3.05, 3.63) is 57.8 Å². The maximum atomic E-state index is 13.5. The minimum absolute atomic E-state index is 0.252. The first-order chi connectivity index (χ1) is 9.47. The van der Waals surface area contributed by atoms with Crippen LogP contribution >= 0.6 is 28.1 Å². The van der Waals surface area contributed by atoms with Gasteiger partial charge in [0.1, 0.15) is 5.82 Å². The predicted molar refractivity (Wildman–Crippen MR) is 89.9 cm³/mol. The Morgan fingerprint density at radius 1 is 1.10 bits per heavy atom. The molecule has 0 heterocycles. The zero-order chi connectivity index (χ0) is 14.7. The molecule has 0 fully saturated rings. The van der Waals surface area contributed by atoms with Gasteiger partial charge in [0, 0.05) is 21.4 Å². The van der Waals surface area contributed by atoms with Crippen LogP contribution in [0.25, 0.3) is 0 Å². The van der Waals surface area contributed by atoms with E-state index in [0.29, 0.717) is 16.4 Å². The topological polar surface area (TPSA) is 24.1 Å². The first-order valence-electron chi connectivity index (χ1n) is 6.06. The third kappa shape index (κ3) is 3.55. The molecule has 0 amide bonds. The molecular formula is C15H14BrFN2S. The molecule has 2 rings (SSSR count). The highest BCUT2D eigenvalue weighted by Crippen LogP contribution is 2.21. The van der Waals surface area contributed by atoms with Gasteiger partial charge in [0.2, 0.25) is 0 Å². The first kappa shape index (κ1) is 14.9. The van der Waals surface area contributed by atoms with E-state index in [-0.39, 0.29) is 5.82 Å². The third-order valence-corrected chi connectivity index (χ3v) is 3.65. The third-order valence-electron chi connectivity index (χ3n) is 2.95. The molecule has 2 N–H and O–H groups in total. The average molecular weight is 353 g/mol. The fraction of sp³-hybridized carbons (Fsp3) is 0.133. The molecule has 0 aromatic heterocycles. The molecule has 0 atom stereocenters. The highest BCUT2D eigenvalue weighted by Gasteiger charge is 2.06. The van der Waals surface area contributed by atoms with E-state index in [1.54, 1.807) is 19.1 Å². The largest absolute Gasteiger partial charge is 0.332 e. The Hall–Kier alpha value is -1.46. The fourth-order valence-corrected chi connectivity index (χ4v) is 2.48. The van der Waals surface area contributed by atoms with Crippen LogP contribution in [0.4, 0.5) is 15.8 Å². The predicted octanol–water partition coefficient (Wildman–Crippen LogP) is 5.01. The monoisotopic (exact) mass is 352 g/mol. The molecule has 0 unspecified atom stereocenters. The Morgan fingerprint density at radius 3 is 2.50 bits per heavy atom. The second-order valence-corrected chi connectivity index (χ2v) is 5.77. The van der Waals surface area contributed by atoms with Gasteiger partial charge in [0.05, 0.1) is 0 Å². The zero-order valence-corrected chi connectivity index (χ0v) is 13.5. The van der Waals surface area contributed by atoms with Gasteiger partial charge in [-0.05, 0) is 62.0 Å². The Morgan fingerprint density at radius 2 is 1.80 bits per heavy atom. The quantitative estimate of drug-likeness (QED) is 0.742. The van der Waals surface area contributed by atoms with Crippen molar-refractivity contribution in [1.82, 2.24) is 0 Å². The Labute approximate surface area is 131 Å². The molecular weight excluding hydrogens is 339 g/mol. The number of halogens is 2. The molecule has 0 aliphatic heterocycles. The number of aryl methyl sites for hydroxylation is 1. The normalized spacial score (nSPS) is 10.2. The number of hydrogen-bond acceptors (Lipinski definition) is 1. The van der Waals surface area contributed by atoms with E-state index >= 15 is 0 Å². The molecule has 0 saturated carbocycles. The minimum atomic E-state index is -0.252. The maximum Gasteiger partial charge on any atom is 0.175 e. The average Bonchev–Trinajstić information content (AvgIpc) is 2.38. The number of anilines is 2. The van der Waals surface area contributed by atoms with E-state index in [1.165, 1.54) is 6.07 Å². The van der Waals surface area contributed by atoms with Crippen molar-refractivity contribution in [3.8, 4) is 0 Å². The van der Waals surface area contributed by atoms with Crippen LogP contribution in [0.3, 0.4) is 0 Å². The van der Waals surface area contributed by atoms with E-state index in [2.05, 4.69) is 26.6 Å². The smallest absolute Gasteiger partial charge is 0.175 e. The van der Waals surface area contributed by atoms with Gasteiger partial charge < -0.3 is 10.6 Å². The van der Waals surface area contributed by atoms with Crippen LogP contribution < -0.4 is 10.6 Å². The second kappa shape index (κ2) is 6.33. The summed E-state index contributed by atoms with van der Waals surface area (Å²) in [6.45, 7) is 3.70. The summed E-state index contributed by atoms with van der Waals surface area (Å²) in [5.41, 5.74) is 3.20. The molecule has 5 heteroatoms. The lowest BCUT2D eigenvalue weighted by Crippen LogP contribution is -2.20. The lowest BCUT2D eigenvalue weighted by molar-refractivity contribution is 0.619. The van der Waals surface area contributed by atoms with Crippen molar-refractivity contribution in [2.45, 2.75) is 13.8 Å². The number of thiocarbonyl (C=S) groups is 1. The molecule has 2 aromatic rings. The Bertz CT molecular complexity index is 658. The summed E-state index contributed by atoms with van der Waals surface area (Å²) in [6, 6.07) is 10.7. The molecule has 0 spiro atoms. The lowest BCUT2D eigenvalue weighted by Gasteiger charge is -2.14. The first-order valence-corrected chi connectivity index (χ1v) is 7.27. The minimum Gasteiger partial charge on any atom is -0.332 e. The SMILES string of the molecule is Cc1cc(Br)ccc1NC(=S)Nc1cccc(F)c1C. The van der Waals surface area contributed by atoms with Gasteiger partial charge in [-0.25, -0.2) is 4.39 Å². The summed E-state index contributed by atoms with van der Waals surface area (Å²) >= 11 is 8.67. The fourth-order valence-electron chi connectivity index (χ4n) is 1.79. The number of benzene rings is 2. The molecule has 0 bridgehead atoms. The van der Waals surface area contributed by atoms with Crippen molar-refractivity contribution in [2.24, 2.45) is 0 Å². The van der Waals surface area contributed by atoms with Gasteiger partial charge >= 0.3 is 0 Å². The lowest BCUT2D eigenvalue weighted by atomic mass is 10.2. The van der Waals surface area contributed by atoms with E-state index in [9.17, 15) is 4.39 Å². The summed E-state index contributed by atoms with van der Waals surface area (Å²) < 4.78 is 14.5. The van der Waals surface area contributed by atoms with Crippen LogP contribution in [0.2, 0.25) is 0 Å².